The van der Waals surface area contributed by atoms with Crippen LogP contribution in [0.5, 0.6) is 0 Å². The third-order valence-electron chi connectivity index (χ3n) is 3.18. The van der Waals surface area contributed by atoms with Gasteiger partial charge in [0.2, 0.25) is 0 Å². The monoisotopic (exact) mass is 260 g/mol. The predicted octanol–water partition coefficient (Wildman–Crippen LogP) is 2.67. The van der Waals surface area contributed by atoms with Crippen LogP contribution in [0.25, 0.3) is 0 Å². The summed E-state index contributed by atoms with van der Waals surface area (Å²) in [5.41, 5.74) is 8.50. The third-order valence-corrected chi connectivity index (χ3v) is 3.18. The topological polar surface area (TPSA) is 49.5 Å². The fourth-order valence-electron chi connectivity index (χ4n) is 1.96. The number of anilines is 1. The molecule has 0 radical (unpaired) electrons. The summed E-state index contributed by atoms with van der Waals surface area (Å²) in [5.74, 6) is 0. The number of nitrogens with two attached hydrogens (primary N) is 1. The van der Waals surface area contributed by atoms with E-state index < -0.39 is 6.10 Å². The summed E-state index contributed by atoms with van der Waals surface area (Å²) in [6.07, 6.45) is 3.91. The third kappa shape index (κ3) is 4.89. The first kappa shape index (κ1) is 15.5. The van der Waals surface area contributed by atoms with E-state index in [-0.39, 0.29) is 0 Å². The quantitative estimate of drug-likeness (QED) is 0.558. The largest absolute Gasteiger partial charge is 0.399 e. The van der Waals surface area contributed by atoms with Crippen LogP contribution in [-0.4, -0.2) is 29.6 Å². The SMILES string of the molecule is C=CCN(CC=C)CCC(O)c1ccc(C)c(N)c1. The average molecular weight is 260 g/mol. The van der Waals surface area contributed by atoms with Crippen LogP contribution in [0, 0.1) is 6.92 Å². The Kier molecular flexibility index (Phi) is 6.33. The van der Waals surface area contributed by atoms with E-state index in [9.17, 15) is 5.11 Å². The summed E-state index contributed by atoms with van der Waals surface area (Å²) < 4.78 is 0. The molecule has 0 saturated heterocycles. The Bertz CT molecular complexity index is 419. The van der Waals surface area contributed by atoms with Gasteiger partial charge in [0.1, 0.15) is 0 Å². The fraction of sp³-hybridized carbons (Fsp3) is 0.375. The molecule has 1 atom stereocenters. The highest BCUT2D eigenvalue weighted by Crippen LogP contribution is 2.21. The maximum absolute atomic E-state index is 10.2. The van der Waals surface area contributed by atoms with Gasteiger partial charge < -0.3 is 10.8 Å². The Balaban J connectivity index is 2.57. The number of hydrogen-bond donors (Lipinski definition) is 2. The van der Waals surface area contributed by atoms with Crippen molar-refractivity contribution in [3.05, 3.63) is 54.6 Å². The maximum Gasteiger partial charge on any atom is 0.0803 e. The lowest BCUT2D eigenvalue weighted by Crippen LogP contribution is -2.26. The second-order valence-corrected chi connectivity index (χ2v) is 4.76. The zero-order valence-electron chi connectivity index (χ0n) is 11.7. The van der Waals surface area contributed by atoms with Gasteiger partial charge in [0.15, 0.2) is 0 Å². The van der Waals surface area contributed by atoms with Gasteiger partial charge in [0, 0.05) is 25.3 Å². The molecule has 19 heavy (non-hydrogen) atoms. The highest BCUT2D eigenvalue weighted by Gasteiger charge is 2.10. The van der Waals surface area contributed by atoms with E-state index in [4.69, 9.17) is 5.73 Å². The van der Waals surface area contributed by atoms with Crippen LogP contribution in [-0.2, 0) is 0 Å². The molecule has 3 N–H and O–H groups in total. The Labute approximate surface area is 116 Å². The standard InChI is InChI=1S/C16H24N2O/c1-4-9-18(10-5-2)11-8-16(19)14-7-6-13(3)15(17)12-14/h4-7,12,16,19H,1-2,8-11,17H2,3H3. The van der Waals surface area contributed by atoms with Crippen molar-refractivity contribution in [3.8, 4) is 0 Å². The van der Waals surface area contributed by atoms with Crippen LogP contribution in [0.3, 0.4) is 0 Å². The molecule has 0 bridgehead atoms. The van der Waals surface area contributed by atoms with Crippen molar-refractivity contribution in [1.82, 2.24) is 4.90 Å². The van der Waals surface area contributed by atoms with E-state index in [1.54, 1.807) is 0 Å². The molecule has 3 nitrogen and oxygen atoms in total. The van der Waals surface area contributed by atoms with Crippen molar-refractivity contribution in [2.45, 2.75) is 19.4 Å². The smallest absolute Gasteiger partial charge is 0.0803 e. The van der Waals surface area contributed by atoms with Gasteiger partial charge in [0.25, 0.3) is 0 Å². The molecular weight excluding hydrogens is 236 g/mol. The van der Waals surface area contributed by atoms with E-state index >= 15 is 0 Å². The van der Waals surface area contributed by atoms with E-state index in [2.05, 4.69) is 18.1 Å². The lowest BCUT2D eigenvalue weighted by molar-refractivity contribution is 0.148. The van der Waals surface area contributed by atoms with Gasteiger partial charge in [-0.1, -0.05) is 24.3 Å². The minimum atomic E-state index is -0.486. The first-order chi connectivity index (χ1) is 9.08. The molecule has 1 aromatic rings. The minimum absolute atomic E-state index is 0.486. The summed E-state index contributed by atoms with van der Waals surface area (Å²) in [6, 6.07) is 5.73. The molecule has 1 unspecified atom stereocenters. The molecule has 0 saturated carbocycles. The van der Waals surface area contributed by atoms with E-state index in [1.807, 2.05) is 37.3 Å². The van der Waals surface area contributed by atoms with Crippen molar-refractivity contribution in [1.29, 1.82) is 0 Å². The summed E-state index contributed by atoms with van der Waals surface area (Å²) in [6.45, 7) is 11.8. The molecule has 0 spiro atoms. The average Bonchev–Trinajstić information content (AvgIpc) is 2.39. The Morgan fingerprint density at radius 2 is 1.95 bits per heavy atom. The minimum Gasteiger partial charge on any atom is -0.399 e. The number of aryl methyl sites for hydroxylation is 1. The first-order valence-corrected chi connectivity index (χ1v) is 6.56. The number of nitrogens with zero attached hydrogens (tertiary/aromatic N) is 1. The number of hydrogen-bond acceptors (Lipinski definition) is 3. The van der Waals surface area contributed by atoms with Crippen molar-refractivity contribution in [2.24, 2.45) is 0 Å². The molecule has 3 heteroatoms. The van der Waals surface area contributed by atoms with Gasteiger partial charge in [-0.05, 0) is 30.5 Å². The number of nitrogen functional groups attached to an aromatic ring is 1. The zero-order valence-corrected chi connectivity index (χ0v) is 11.7. The van der Waals surface area contributed by atoms with Crippen LogP contribution >= 0.6 is 0 Å². The molecule has 0 aliphatic rings. The molecule has 0 amide bonds. The van der Waals surface area contributed by atoms with Crippen molar-refractivity contribution in [2.75, 3.05) is 25.4 Å². The van der Waals surface area contributed by atoms with E-state index in [0.29, 0.717) is 6.42 Å². The normalized spacial score (nSPS) is 12.4. The van der Waals surface area contributed by atoms with Gasteiger partial charge in [0.05, 0.1) is 6.10 Å². The fourth-order valence-corrected chi connectivity index (χ4v) is 1.96. The van der Waals surface area contributed by atoms with Crippen molar-refractivity contribution in [3.63, 3.8) is 0 Å². The molecule has 1 aromatic carbocycles. The highest BCUT2D eigenvalue weighted by atomic mass is 16.3. The Morgan fingerprint density at radius 1 is 1.32 bits per heavy atom. The number of aliphatic hydroxyl groups excluding tert-OH is 1. The van der Waals surface area contributed by atoms with Gasteiger partial charge in [-0.2, -0.15) is 0 Å². The summed E-state index contributed by atoms with van der Waals surface area (Å²) >= 11 is 0. The summed E-state index contributed by atoms with van der Waals surface area (Å²) in [4.78, 5) is 2.18. The van der Waals surface area contributed by atoms with E-state index in [0.717, 1.165) is 36.4 Å². The number of aliphatic hydroxyl groups is 1. The number of rotatable bonds is 8. The molecule has 0 heterocycles. The maximum atomic E-state index is 10.2. The van der Waals surface area contributed by atoms with Crippen molar-refractivity contribution >= 4 is 5.69 Å². The van der Waals surface area contributed by atoms with Crippen molar-refractivity contribution < 1.29 is 5.11 Å². The first-order valence-electron chi connectivity index (χ1n) is 6.56. The van der Waals surface area contributed by atoms with Crippen LogP contribution in [0.4, 0.5) is 5.69 Å². The Hall–Kier alpha value is -1.58. The predicted molar refractivity (Wildman–Crippen MR) is 82.0 cm³/mol. The van der Waals surface area contributed by atoms with Crippen LogP contribution in [0.2, 0.25) is 0 Å². The molecule has 104 valence electrons. The van der Waals surface area contributed by atoms with Gasteiger partial charge >= 0.3 is 0 Å². The van der Waals surface area contributed by atoms with Gasteiger partial charge in [-0.25, -0.2) is 0 Å². The second-order valence-electron chi connectivity index (χ2n) is 4.76. The number of benzene rings is 1. The zero-order chi connectivity index (χ0) is 14.3. The molecule has 0 fully saturated rings. The second kappa shape index (κ2) is 7.77. The van der Waals surface area contributed by atoms with Crippen LogP contribution in [0.15, 0.2) is 43.5 Å². The Morgan fingerprint density at radius 3 is 2.47 bits per heavy atom. The van der Waals surface area contributed by atoms with Gasteiger partial charge in [-0.15, -0.1) is 13.2 Å². The molecular formula is C16H24N2O. The van der Waals surface area contributed by atoms with E-state index in [1.165, 1.54) is 0 Å². The molecule has 0 aliphatic heterocycles. The molecule has 1 rings (SSSR count). The van der Waals surface area contributed by atoms with Crippen LogP contribution in [0.1, 0.15) is 23.7 Å². The highest BCUT2D eigenvalue weighted by molar-refractivity contribution is 5.48. The lowest BCUT2D eigenvalue weighted by atomic mass is 10.0. The molecule has 0 aliphatic carbocycles. The lowest BCUT2D eigenvalue weighted by Gasteiger charge is -2.21. The summed E-state index contributed by atoms with van der Waals surface area (Å²) in [5, 5.41) is 10.2. The van der Waals surface area contributed by atoms with Gasteiger partial charge in [-0.3, -0.25) is 4.90 Å². The molecule has 0 aromatic heterocycles. The van der Waals surface area contributed by atoms with Crippen LogP contribution < -0.4 is 5.73 Å². The summed E-state index contributed by atoms with van der Waals surface area (Å²) in [7, 11) is 0.